The zero-order valence-corrected chi connectivity index (χ0v) is 17.3. The summed E-state index contributed by atoms with van der Waals surface area (Å²) in [5, 5.41) is 0. The van der Waals surface area contributed by atoms with E-state index in [2.05, 4.69) is 0 Å². The summed E-state index contributed by atoms with van der Waals surface area (Å²) in [6.07, 6.45) is 0. The van der Waals surface area contributed by atoms with Gasteiger partial charge in [0.15, 0.2) is 0 Å². The number of carbonyl (C=O) groups excluding carboxylic acids is 2. The Kier molecular flexibility index (Phi) is 4.51. The molecule has 3 aromatic carbocycles. The van der Waals surface area contributed by atoms with Crippen LogP contribution in [0, 0.1) is 0 Å². The van der Waals surface area contributed by atoms with Gasteiger partial charge in [-0.25, -0.2) is 0 Å². The van der Waals surface area contributed by atoms with Gasteiger partial charge in [0.1, 0.15) is 5.75 Å². The van der Waals surface area contributed by atoms with Crippen molar-refractivity contribution in [3.8, 4) is 5.75 Å². The molecule has 3 aromatic rings. The molecular weight excluding hydrogens is 396 g/mol. The smallest absolute Gasteiger partial charge is 0.269 e. The maximum absolute atomic E-state index is 14.0. The van der Waals surface area contributed by atoms with Gasteiger partial charge in [-0.1, -0.05) is 48.5 Å². The summed E-state index contributed by atoms with van der Waals surface area (Å²) in [6, 6.07) is 24.9. The van der Waals surface area contributed by atoms with E-state index in [0.29, 0.717) is 6.54 Å². The summed E-state index contributed by atoms with van der Waals surface area (Å²) in [5.41, 5.74) is 3.40. The molecule has 5 rings (SSSR count). The van der Waals surface area contributed by atoms with E-state index >= 15 is 0 Å². The molecule has 150 valence electrons. The van der Waals surface area contributed by atoms with Gasteiger partial charge in [-0.05, 0) is 35.9 Å². The van der Waals surface area contributed by atoms with E-state index in [1.807, 2.05) is 78.9 Å². The van der Waals surface area contributed by atoms with Crippen LogP contribution >= 0.6 is 11.8 Å². The van der Waals surface area contributed by atoms with E-state index in [0.717, 1.165) is 28.3 Å². The van der Waals surface area contributed by atoms with Crippen LogP contribution in [-0.2, 0) is 21.0 Å². The number of carbonyl (C=O) groups is 2. The van der Waals surface area contributed by atoms with Crippen LogP contribution in [0.4, 0.5) is 11.4 Å². The average molecular weight is 417 g/mol. The van der Waals surface area contributed by atoms with Gasteiger partial charge in [0, 0.05) is 11.3 Å². The number of anilines is 2. The minimum absolute atomic E-state index is 0.0578. The van der Waals surface area contributed by atoms with Crippen molar-refractivity contribution in [1.29, 1.82) is 0 Å². The van der Waals surface area contributed by atoms with Gasteiger partial charge in [-0.15, -0.1) is 11.8 Å². The number of benzene rings is 3. The predicted octanol–water partition coefficient (Wildman–Crippen LogP) is 4.17. The normalized spacial score (nSPS) is 20.2. The SMILES string of the molecule is COc1cccc(CN2C(=O)C3(SCC(=O)N3c3ccccc3)c3ccccc32)c1. The van der Waals surface area contributed by atoms with Crippen LogP contribution in [0.25, 0.3) is 0 Å². The largest absolute Gasteiger partial charge is 0.497 e. The molecule has 1 fully saturated rings. The molecule has 2 amide bonds. The second-order valence-corrected chi connectivity index (χ2v) is 8.43. The summed E-state index contributed by atoms with van der Waals surface area (Å²) in [6.45, 7) is 0.409. The average Bonchev–Trinajstić information content (AvgIpc) is 3.25. The Morgan fingerprint density at radius 2 is 1.73 bits per heavy atom. The molecule has 2 aliphatic heterocycles. The third kappa shape index (κ3) is 2.71. The predicted molar refractivity (Wildman–Crippen MR) is 119 cm³/mol. The highest BCUT2D eigenvalue weighted by atomic mass is 32.2. The number of para-hydroxylation sites is 2. The third-order valence-electron chi connectivity index (χ3n) is 5.55. The number of ether oxygens (including phenoxy) is 1. The van der Waals surface area contributed by atoms with Crippen LogP contribution in [-0.4, -0.2) is 24.7 Å². The second-order valence-electron chi connectivity index (χ2n) is 7.26. The number of rotatable bonds is 4. The second kappa shape index (κ2) is 7.22. The monoisotopic (exact) mass is 416 g/mol. The fourth-order valence-electron chi connectivity index (χ4n) is 4.24. The molecule has 1 atom stereocenters. The lowest BCUT2D eigenvalue weighted by atomic mass is 10.0. The number of amides is 2. The summed E-state index contributed by atoms with van der Waals surface area (Å²) < 4.78 is 5.34. The number of hydrogen-bond acceptors (Lipinski definition) is 4. The molecular formula is C24H20N2O3S. The first-order valence-electron chi connectivity index (χ1n) is 9.71. The molecule has 0 radical (unpaired) electrons. The maximum Gasteiger partial charge on any atom is 0.269 e. The van der Waals surface area contributed by atoms with E-state index in [9.17, 15) is 9.59 Å². The first-order valence-corrected chi connectivity index (χ1v) is 10.7. The molecule has 5 nitrogen and oxygen atoms in total. The molecule has 0 N–H and O–H groups in total. The van der Waals surface area contributed by atoms with Gasteiger partial charge in [-0.2, -0.15) is 0 Å². The highest BCUT2D eigenvalue weighted by Gasteiger charge is 2.60. The summed E-state index contributed by atoms with van der Waals surface area (Å²) in [4.78, 5) is 29.3. The molecule has 0 bridgehead atoms. The van der Waals surface area contributed by atoms with Crippen LogP contribution < -0.4 is 14.5 Å². The van der Waals surface area contributed by atoms with E-state index in [1.54, 1.807) is 16.9 Å². The minimum Gasteiger partial charge on any atom is -0.497 e. The maximum atomic E-state index is 14.0. The van der Waals surface area contributed by atoms with Crippen LogP contribution in [0.1, 0.15) is 11.1 Å². The molecule has 30 heavy (non-hydrogen) atoms. The van der Waals surface area contributed by atoms with E-state index in [-0.39, 0.29) is 17.6 Å². The highest BCUT2D eigenvalue weighted by Crippen LogP contribution is 2.55. The summed E-state index contributed by atoms with van der Waals surface area (Å²) in [5.74, 6) is 0.865. The van der Waals surface area contributed by atoms with Gasteiger partial charge < -0.3 is 9.64 Å². The first kappa shape index (κ1) is 18.8. The minimum atomic E-state index is -1.08. The van der Waals surface area contributed by atoms with Crippen molar-refractivity contribution in [2.24, 2.45) is 0 Å². The number of hydrogen-bond donors (Lipinski definition) is 0. The number of methoxy groups -OCH3 is 1. The van der Waals surface area contributed by atoms with Crippen LogP contribution in [0.15, 0.2) is 78.9 Å². The van der Waals surface area contributed by atoms with E-state index in [1.165, 1.54) is 11.8 Å². The van der Waals surface area contributed by atoms with Gasteiger partial charge in [0.2, 0.25) is 10.8 Å². The lowest BCUT2D eigenvalue weighted by molar-refractivity contribution is -0.123. The fourth-order valence-corrected chi connectivity index (χ4v) is 5.60. The Labute approximate surface area is 179 Å². The van der Waals surface area contributed by atoms with Crippen molar-refractivity contribution < 1.29 is 14.3 Å². The standard InChI is InChI=1S/C24H20N2O3S/c1-29-19-11-7-8-17(14-19)15-25-21-13-6-5-12-20(21)24(23(25)28)26(22(27)16-30-24)18-9-3-2-4-10-18/h2-14H,15-16H2,1H3. The Morgan fingerprint density at radius 1 is 0.967 bits per heavy atom. The van der Waals surface area contributed by atoms with Crippen LogP contribution in [0.3, 0.4) is 0 Å². The Morgan fingerprint density at radius 3 is 2.53 bits per heavy atom. The van der Waals surface area contributed by atoms with Gasteiger partial charge in [-0.3, -0.25) is 14.5 Å². The Hall–Kier alpha value is -3.25. The zero-order chi connectivity index (χ0) is 20.7. The number of thioether (sulfide) groups is 1. The fraction of sp³-hybridized carbons (Fsp3) is 0.167. The number of nitrogens with zero attached hydrogens (tertiary/aromatic N) is 2. The van der Waals surface area contributed by atoms with Crippen LogP contribution in [0.2, 0.25) is 0 Å². The highest BCUT2D eigenvalue weighted by molar-refractivity contribution is 8.02. The molecule has 1 unspecified atom stereocenters. The molecule has 2 heterocycles. The zero-order valence-electron chi connectivity index (χ0n) is 16.4. The summed E-state index contributed by atoms with van der Waals surface area (Å²) in [7, 11) is 1.63. The van der Waals surface area contributed by atoms with Gasteiger partial charge in [0.25, 0.3) is 5.91 Å². The van der Waals surface area contributed by atoms with Crippen molar-refractivity contribution >= 4 is 35.0 Å². The van der Waals surface area contributed by atoms with Gasteiger partial charge in [0.05, 0.1) is 25.1 Å². The topological polar surface area (TPSA) is 49.9 Å². The van der Waals surface area contributed by atoms with Crippen molar-refractivity contribution in [3.05, 3.63) is 90.0 Å². The molecule has 0 aromatic heterocycles. The Balaban J connectivity index is 1.62. The van der Waals surface area contributed by atoms with Crippen LogP contribution in [0.5, 0.6) is 5.75 Å². The third-order valence-corrected chi connectivity index (χ3v) is 6.94. The van der Waals surface area contributed by atoms with Crippen molar-refractivity contribution in [2.75, 3.05) is 22.7 Å². The van der Waals surface area contributed by atoms with Crippen molar-refractivity contribution in [3.63, 3.8) is 0 Å². The number of fused-ring (bicyclic) bond motifs is 2. The molecule has 2 aliphatic rings. The van der Waals surface area contributed by atoms with Gasteiger partial charge >= 0.3 is 0 Å². The Bertz CT molecular complexity index is 1130. The molecule has 0 aliphatic carbocycles. The molecule has 1 saturated heterocycles. The van der Waals surface area contributed by atoms with E-state index < -0.39 is 4.87 Å². The van der Waals surface area contributed by atoms with Crippen molar-refractivity contribution in [1.82, 2.24) is 0 Å². The molecule has 0 saturated carbocycles. The molecule has 6 heteroatoms. The lowest BCUT2D eigenvalue weighted by Crippen LogP contribution is -2.49. The van der Waals surface area contributed by atoms with Crippen molar-refractivity contribution in [2.45, 2.75) is 11.4 Å². The summed E-state index contributed by atoms with van der Waals surface area (Å²) >= 11 is 1.40. The quantitative estimate of drug-likeness (QED) is 0.640. The first-order chi connectivity index (χ1) is 14.6. The lowest BCUT2D eigenvalue weighted by Gasteiger charge is -2.33. The molecule has 1 spiro atoms. The van der Waals surface area contributed by atoms with E-state index in [4.69, 9.17) is 4.74 Å².